The molecular weight excluding hydrogens is 348 g/mol. The highest BCUT2D eigenvalue weighted by Gasteiger charge is 2.36. The van der Waals surface area contributed by atoms with E-state index >= 15 is 0 Å². The molecule has 0 unspecified atom stereocenters. The number of hydrogen-bond acceptors (Lipinski definition) is 5. The van der Waals surface area contributed by atoms with E-state index in [2.05, 4.69) is 15.5 Å². The molecule has 7 nitrogen and oxygen atoms in total. The van der Waals surface area contributed by atoms with Crippen LogP contribution in [0.2, 0.25) is 0 Å². The van der Waals surface area contributed by atoms with Crippen LogP contribution in [-0.2, 0) is 11.3 Å². The minimum Gasteiger partial charge on any atom is -0.267 e. The lowest BCUT2D eigenvalue weighted by Gasteiger charge is -2.10. The molecule has 1 aromatic heterocycles. The summed E-state index contributed by atoms with van der Waals surface area (Å²) in [4.78, 5) is 12.8. The van der Waals surface area contributed by atoms with Crippen molar-refractivity contribution in [1.82, 2.24) is 15.1 Å². The number of amides is 1. The van der Waals surface area contributed by atoms with E-state index in [9.17, 15) is 4.79 Å². The normalized spacial score (nSPS) is 15.8. The number of carbonyl (C=O) groups is 1. The number of para-hydroxylation sites is 2. The van der Waals surface area contributed by atoms with Crippen molar-refractivity contribution < 1.29 is 9.48 Å². The molecule has 8 heteroatoms. The molecule has 0 radical (unpaired) electrons. The van der Waals surface area contributed by atoms with Crippen molar-refractivity contribution in [2.24, 2.45) is 5.10 Å². The van der Waals surface area contributed by atoms with E-state index in [0.717, 1.165) is 16.5 Å². The molecule has 0 atom stereocenters. The number of tetrazole rings is 1. The van der Waals surface area contributed by atoms with Gasteiger partial charge in [-0.15, -0.1) is 4.68 Å². The van der Waals surface area contributed by atoms with Crippen molar-refractivity contribution in [3.05, 3.63) is 71.6 Å². The number of nitrogens with zero attached hydrogens (tertiary/aromatic N) is 6. The molecule has 2 aliphatic rings. The molecule has 2 aromatic carbocycles. The highest BCUT2D eigenvalue weighted by atomic mass is 32.2. The van der Waals surface area contributed by atoms with E-state index in [1.165, 1.54) is 16.8 Å². The highest BCUT2D eigenvalue weighted by molar-refractivity contribution is 8.02. The van der Waals surface area contributed by atoms with Crippen molar-refractivity contribution in [1.29, 1.82) is 0 Å². The van der Waals surface area contributed by atoms with Gasteiger partial charge in [-0.2, -0.15) is 10.1 Å². The molecular formula is C18H13N6OS+. The van der Waals surface area contributed by atoms with E-state index in [0.29, 0.717) is 17.8 Å². The molecule has 0 N–H and O–H groups in total. The number of anilines is 1. The third-order valence-electron chi connectivity index (χ3n) is 4.18. The van der Waals surface area contributed by atoms with Gasteiger partial charge in [-0.25, -0.2) is 0 Å². The van der Waals surface area contributed by atoms with Gasteiger partial charge in [-0.1, -0.05) is 36.4 Å². The van der Waals surface area contributed by atoms with Crippen molar-refractivity contribution in [2.45, 2.75) is 11.7 Å². The summed E-state index contributed by atoms with van der Waals surface area (Å²) < 4.78 is 3.53. The molecule has 126 valence electrons. The van der Waals surface area contributed by atoms with Crippen molar-refractivity contribution in [3.8, 4) is 5.69 Å². The second kappa shape index (κ2) is 5.92. The number of benzene rings is 2. The smallest absolute Gasteiger partial charge is 0.267 e. The molecule has 1 amide bonds. The molecule has 0 saturated carbocycles. The van der Waals surface area contributed by atoms with E-state index in [1.807, 2.05) is 66.1 Å². The molecule has 0 aliphatic carbocycles. The Labute approximate surface area is 153 Å². The van der Waals surface area contributed by atoms with Crippen LogP contribution in [0.3, 0.4) is 0 Å². The molecule has 0 bridgehead atoms. The zero-order valence-electron chi connectivity index (χ0n) is 13.6. The summed E-state index contributed by atoms with van der Waals surface area (Å²) in [6.45, 7) is 0.399. The maximum absolute atomic E-state index is 12.8. The first-order chi connectivity index (χ1) is 12.8. The van der Waals surface area contributed by atoms with Crippen LogP contribution in [0.25, 0.3) is 5.69 Å². The maximum Gasteiger partial charge on any atom is 0.327 e. The van der Waals surface area contributed by atoms with Gasteiger partial charge in [0.2, 0.25) is 0 Å². The van der Waals surface area contributed by atoms with Gasteiger partial charge >= 0.3 is 5.16 Å². The third-order valence-corrected chi connectivity index (χ3v) is 5.13. The van der Waals surface area contributed by atoms with Crippen LogP contribution < -0.4 is 9.69 Å². The summed E-state index contributed by atoms with van der Waals surface area (Å²) >= 11 is 1.43. The fourth-order valence-electron chi connectivity index (χ4n) is 2.91. The number of thioether (sulfide) groups is 1. The van der Waals surface area contributed by atoms with E-state index in [-0.39, 0.29) is 5.91 Å². The van der Waals surface area contributed by atoms with E-state index < -0.39 is 0 Å². The Balaban J connectivity index is 1.54. The lowest BCUT2D eigenvalue weighted by molar-refractivity contribution is -0.775. The van der Waals surface area contributed by atoms with Crippen LogP contribution in [0.1, 0.15) is 0 Å². The van der Waals surface area contributed by atoms with Crippen molar-refractivity contribution in [3.63, 3.8) is 0 Å². The Morgan fingerprint density at radius 3 is 2.38 bits per heavy atom. The molecule has 0 saturated heterocycles. The average molecular weight is 361 g/mol. The predicted molar refractivity (Wildman–Crippen MR) is 96.9 cm³/mol. The van der Waals surface area contributed by atoms with Gasteiger partial charge in [-0.05, 0) is 46.1 Å². The van der Waals surface area contributed by atoms with Crippen LogP contribution in [-0.4, -0.2) is 26.7 Å². The SMILES string of the molecule is O=C1C2=CSc3n(-c4ccccc4)nn[n+]3CC2=NN1c1ccccc1. The highest BCUT2D eigenvalue weighted by Crippen LogP contribution is 2.29. The monoisotopic (exact) mass is 361 g/mol. The lowest BCUT2D eigenvalue weighted by atomic mass is 10.2. The molecule has 26 heavy (non-hydrogen) atoms. The number of hydrogen-bond donors (Lipinski definition) is 0. The van der Waals surface area contributed by atoms with Gasteiger partial charge in [0.15, 0.2) is 5.21 Å². The predicted octanol–water partition coefficient (Wildman–Crippen LogP) is 1.95. The van der Waals surface area contributed by atoms with E-state index in [4.69, 9.17) is 0 Å². The Bertz CT molecular complexity index is 1060. The fourth-order valence-corrected chi connectivity index (χ4v) is 3.83. The molecule has 2 aliphatic heterocycles. The lowest BCUT2D eigenvalue weighted by Crippen LogP contribution is -2.41. The summed E-state index contributed by atoms with van der Waals surface area (Å²) in [5.74, 6) is -0.122. The van der Waals surface area contributed by atoms with Crippen molar-refractivity contribution >= 4 is 29.1 Å². The Hall–Kier alpha value is -3.26. The minimum absolute atomic E-state index is 0.122. The van der Waals surface area contributed by atoms with Crippen LogP contribution in [0.4, 0.5) is 5.69 Å². The summed E-state index contributed by atoms with van der Waals surface area (Å²) in [6.07, 6.45) is 0. The number of carbonyl (C=O) groups excluding carboxylic acids is 1. The number of fused-ring (bicyclic) bond motifs is 2. The van der Waals surface area contributed by atoms with Gasteiger partial charge < -0.3 is 0 Å². The molecule has 0 fully saturated rings. The largest absolute Gasteiger partial charge is 0.327 e. The van der Waals surface area contributed by atoms with Crippen LogP contribution in [0.15, 0.2) is 81.9 Å². The van der Waals surface area contributed by atoms with Gasteiger partial charge in [0, 0.05) is 0 Å². The van der Waals surface area contributed by atoms with Crippen molar-refractivity contribution in [2.75, 3.05) is 5.01 Å². The summed E-state index contributed by atoms with van der Waals surface area (Å²) in [5.41, 5.74) is 2.97. The third kappa shape index (κ3) is 2.34. The Kier molecular flexibility index (Phi) is 3.42. The maximum atomic E-state index is 12.8. The Morgan fingerprint density at radius 1 is 0.962 bits per heavy atom. The second-order valence-corrected chi connectivity index (χ2v) is 6.65. The van der Waals surface area contributed by atoms with Crippen LogP contribution in [0, 0.1) is 0 Å². The molecule has 5 rings (SSSR count). The zero-order chi connectivity index (χ0) is 17.5. The van der Waals surface area contributed by atoms with Gasteiger partial charge in [0.05, 0.1) is 11.3 Å². The van der Waals surface area contributed by atoms with E-state index in [1.54, 1.807) is 9.36 Å². The first kappa shape index (κ1) is 15.0. The summed E-state index contributed by atoms with van der Waals surface area (Å²) in [5, 5.41) is 17.1. The minimum atomic E-state index is -0.122. The second-order valence-electron chi connectivity index (χ2n) is 5.82. The molecule has 0 spiro atoms. The number of aromatic nitrogens is 4. The average Bonchev–Trinajstić information content (AvgIpc) is 3.17. The fraction of sp³-hybridized carbons (Fsp3) is 0.0556. The Morgan fingerprint density at radius 2 is 1.65 bits per heavy atom. The summed E-state index contributed by atoms with van der Waals surface area (Å²) in [6, 6.07) is 19.2. The standard InChI is InChI=1S/C18H13N6OS/c25-17-15-12-26-18-22(20-21-24(18)14-9-5-2-6-10-14)11-16(15)19-23(17)13-7-3-1-4-8-13/h1-10,12H,11H2/q+1. The van der Waals surface area contributed by atoms with Crippen LogP contribution >= 0.6 is 11.8 Å². The topological polar surface area (TPSA) is 67.3 Å². The van der Waals surface area contributed by atoms with Gasteiger partial charge in [0.1, 0.15) is 23.2 Å². The number of hydrazone groups is 1. The summed E-state index contributed by atoms with van der Waals surface area (Å²) in [7, 11) is 0. The zero-order valence-corrected chi connectivity index (χ0v) is 14.4. The first-order valence-electron chi connectivity index (χ1n) is 8.07. The number of rotatable bonds is 2. The first-order valence-corrected chi connectivity index (χ1v) is 8.95. The molecule has 3 heterocycles. The van der Waals surface area contributed by atoms with Crippen LogP contribution in [0.5, 0.6) is 0 Å². The van der Waals surface area contributed by atoms with Gasteiger partial charge in [0.25, 0.3) is 5.91 Å². The molecule has 3 aromatic rings. The van der Waals surface area contributed by atoms with Gasteiger partial charge in [-0.3, -0.25) is 4.79 Å². The quantitative estimate of drug-likeness (QED) is 0.655.